The number of furan rings is 1. The van der Waals surface area contributed by atoms with Crippen molar-refractivity contribution in [2.24, 2.45) is 0 Å². The molecular weight excluding hydrogens is 280 g/mol. The Labute approximate surface area is 118 Å². The molecule has 0 saturated heterocycles. The lowest BCUT2D eigenvalue weighted by molar-refractivity contribution is -0.116. The lowest BCUT2D eigenvalue weighted by atomic mass is 10.4. The minimum absolute atomic E-state index is 0.195. The minimum Gasteiger partial charge on any atom is -0.477 e. The summed E-state index contributed by atoms with van der Waals surface area (Å²) in [4.78, 5) is 26.7. The van der Waals surface area contributed by atoms with Gasteiger partial charge in [-0.2, -0.15) is 0 Å². The lowest BCUT2D eigenvalue weighted by Gasteiger charge is -1.97. The van der Waals surface area contributed by atoms with E-state index in [2.05, 4.69) is 10.3 Å². The molecule has 0 bridgehead atoms. The normalized spacial score (nSPS) is 10.8. The zero-order valence-corrected chi connectivity index (χ0v) is 11.4. The third-order valence-corrected chi connectivity index (χ3v) is 3.54. The fourth-order valence-corrected chi connectivity index (χ4v) is 2.34. The molecule has 20 heavy (non-hydrogen) atoms. The predicted molar refractivity (Wildman–Crippen MR) is 73.4 cm³/mol. The second kappa shape index (κ2) is 6.16. The zero-order valence-electron chi connectivity index (χ0n) is 10.6. The van der Waals surface area contributed by atoms with Crippen molar-refractivity contribution in [3.8, 4) is 0 Å². The number of thiazole rings is 1. The van der Waals surface area contributed by atoms with Crippen molar-refractivity contribution in [3.63, 3.8) is 0 Å². The molecule has 0 aliphatic heterocycles. The molecule has 0 aliphatic rings. The molecule has 2 aromatic rings. The number of carbonyl (C=O) groups is 2. The lowest BCUT2D eigenvalue weighted by Crippen LogP contribution is -2.20. The summed E-state index contributed by atoms with van der Waals surface area (Å²) in [5.74, 6) is -0.722. The predicted octanol–water partition coefficient (Wildman–Crippen LogP) is 2.07. The van der Waals surface area contributed by atoms with Gasteiger partial charge in [0.05, 0.1) is 18.5 Å². The summed E-state index contributed by atoms with van der Waals surface area (Å²) in [6.07, 6.45) is 4.41. The van der Waals surface area contributed by atoms with Gasteiger partial charge in [-0.05, 0) is 25.1 Å². The zero-order chi connectivity index (χ0) is 14.5. The van der Waals surface area contributed by atoms with Crippen molar-refractivity contribution in [3.05, 3.63) is 45.8 Å². The molecule has 0 aromatic carbocycles. The fraction of sp³-hybridized carbons (Fsp3) is 0.154. The van der Waals surface area contributed by atoms with Gasteiger partial charge in [-0.1, -0.05) is 0 Å². The van der Waals surface area contributed by atoms with Gasteiger partial charge in [-0.3, -0.25) is 4.79 Å². The van der Waals surface area contributed by atoms with E-state index in [0.717, 1.165) is 11.3 Å². The van der Waals surface area contributed by atoms with Crippen LogP contribution in [-0.4, -0.2) is 22.0 Å². The van der Waals surface area contributed by atoms with Crippen LogP contribution >= 0.6 is 11.3 Å². The summed E-state index contributed by atoms with van der Waals surface area (Å²) < 4.78 is 5.05. The van der Waals surface area contributed by atoms with Crippen molar-refractivity contribution in [2.45, 2.75) is 13.5 Å². The summed E-state index contributed by atoms with van der Waals surface area (Å²) in [6.45, 7) is 1.82. The van der Waals surface area contributed by atoms with Crippen molar-refractivity contribution < 1.29 is 19.1 Å². The van der Waals surface area contributed by atoms with Crippen molar-refractivity contribution in [2.75, 3.05) is 0 Å². The van der Waals surface area contributed by atoms with E-state index < -0.39 is 5.97 Å². The monoisotopic (exact) mass is 292 g/mol. The van der Waals surface area contributed by atoms with Crippen molar-refractivity contribution in [1.29, 1.82) is 0 Å². The van der Waals surface area contributed by atoms with Crippen LogP contribution in [0.25, 0.3) is 6.08 Å². The van der Waals surface area contributed by atoms with Crippen molar-refractivity contribution in [1.82, 2.24) is 10.3 Å². The summed E-state index contributed by atoms with van der Waals surface area (Å²) in [5, 5.41) is 12.1. The molecule has 0 aliphatic carbocycles. The Kier molecular flexibility index (Phi) is 4.31. The van der Waals surface area contributed by atoms with E-state index in [9.17, 15) is 9.59 Å². The number of rotatable bonds is 5. The van der Waals surface area contributed by atoms with Crippen molar-refractivity contribution >= 4 is 29.3 Å². The highest BCUT2D eigenvalue weighted by Crippen LogP contribution is 2.17. The molecule has 1 amide bonds. The molecule has 6 nitrogen and oxygen atoms in total. The van der Waals surface area contributed by atoms with Gasteiger partial charge in [0, 0.05) is 6.08 Å². The summed E-state index contributed by atoms with van der Waals surface area (Å²) >= 11 is 1.06. The SMILES string of the molecule is Cc1nc(CNC(=O)C=Cc2ccco2)sc1C(=O)O. The standard InChI is InChI=1S/C13H12N2O4S/c1-8-12(13(17)18)20-11(15-8)7-14-10(16)5-4-9-3-2-6-19-9/h2-6H,7H2,1H3,(H,14,16)(H,17,18). The number of nitrogens with one attached hydrogen (secondary N) is 1. The first kappa shape index (κ1) is 14.0. The molecule has 2 aromatic heterocycles. The Hall–Kier alpha value is -2.41. The number of aromatic nitrogens is 1. The Bertz CT molecular complexity index is 643. The number of carboxylic acid groups (broad SMARTS) is 1. The summed E-state index contributed by atoms with van der Waals surface area (Å²) in [6, 6.07) is 3.45. The number of carbonyl (C=O) groups excluding carboxylic acids is 1. The molecule has 104 valence electrons. The summed E-state index contributed by atoms with van der Waals surface area (Å²) in [5.41, 5.74) is 0.456. The van der Waals surface area contributed by atoms with Crippen LogP contribution in [0.1, 0.15) is 26.1 Å². The first-order valence-corrected chi connectivity index (χ1v) is 6.57. The Morgan fingerprint density at radius 1 is 1.55 bits per heavy atom. The van der Waals surface area contributed by atoms with Gasteiger partial charge in [0.25, 0.3) is 0 Å². The molecule has 7 heteroatoms. The molecular formula is C13H12N2O4S. The molecule has 2 rings (SSSR count). The van der Waals surface area contributed by atoms with Gasteiger partial charge in [0.15, 0.2) is 0 Å². The topological polar surface area (TPSA) is 92.4 Å². The van der Waals surface area contributed by atoms with Gasteiger partial charge >= 0.3 is 5.97 Å². The molecule has 2 N–H and O–H groups in total. The highest BCUT2D eigenvalue weighted by Gasteiger charge is 2.13. The Morgan fingerprint density at radius 2 is 2.35 bits per heavy atom. The quantitative estimate of drug-likeness (QED) is 0.823. The maximum Gasteiger partial charge on any atom is 0.347 e. The number of aromatic carboxylic acids is 1. The van der Waals surface area contributed by atoms with Crippen LogP contribution < -0.4 is 5.32 Å². The van der Waals surface area contributed by atoms with E-state index in [1.165, 1.54) is 12.3 Å². The molecule has 0 radical (unpaired) electrons. The van der Waals surface area contributed by atoms with Gasteiger partial charge in [-0.15, -0.1) is 11.3 Å². The number of hydrogen-bond donors (Lipinski definition) is 2. The van der Waals surface area contributed by atoms with Crippen LogP contribution in [0.15, 0.2) is 28.9 Å². The van der Waals surface area contributed by atoms with Crippen LogP contribution in [0.4, 0.5) is 0 Å². The highest BCUT2D eigenvalue weighted by molar-refractivity contribution is 7.13. The number of nitrogens with zero attached hydrogens (tertiary/aromatic N) is 1. The fourth-order valence-electron chi connectivity index (χ4n) is 1.49. The van der Waals surface area contributed by atoms with Gasteiger partial charge in [-0.25, -0.2) is 9.78 Å². The van der Waals surface area contributed by atoms with E-state index in [-0.39, 0.29) is 17.3 Å². The second-order valence-electron chi connectivity index (χ2n) is 3.89. The first-order valence-electron chi connectivity index (χ1n) is 5.75. The van der Waals surface area contributed by atoms with Crippen LogP contribution in [-0.2, 0) is 11.3 Å². The number of hydrogen-bond acceptors (Lipinski definition) is 5. The number of amides is 1. The number of carboxylic acids is 1. The smallest absolute Gasteiger partial charge is 0.347 e. The first-order chi connectivity index (χ1) is 9.56. The highest BCUT2D eigenvalue weighted by atomic mass is 32.1. The third kappa shape index (κ3) is 3.55. The average molecular weight is 292 g/mol. The van der Waals surface area contributed by atoms with Crippen LogP contribution in [0, 0.1) is 6.92 Å². The van der Waals surface area contributed by atoms with Crippen LogP contribution in [0.3, 0.4) is 0 Å². The molecule has 0 saturated carbocycles. The third-order valence-electron chi connectivity index (χ3n) is 2.39. The molecule has 0 atom stereocenters. The van der Waals surface area contributed by atoms with Gasteiger partial charge in [0.1, 0.15) is 15.6 Å². The Morgan fingerprint density at radius 3 is 2.95 bits per heavy atom. The maximum atomic E-state index is 11.6. The Balaban J connectivity index is 1.90. The van der Waals surface area contributed by atoms with E-state index in [4.69, 9.17) is 9.52 Å². The second-order valence-corrected chi connectivity index (χ2v) is 4.98. The molecule has 2 heterocycles. The van der Waals surface area contributed by atoms with E-state index in [1.807, 2.05) is 0 Å². The van der Waals surface area contributed by atoms with Crippen LogP contribution in [0.2, 0.25) is 0 Å². The van der Waals surface area contributed by atoms with E-state index in [1.54, 1.807) is 25.1 Å². The van der Waals surface area contributed by atoms with Gasteiger partial charge in [0.2, 0.25) is 5.91 Å². The molecule has 0 unspecified atom stereocenters. The number of aryl methyl sites for hydroxylation is 1. The molecule has 0 fully saturated rings. The van der Waals surface area contributed by atoms with Crippen LogP contribution in [0.5, 0.6) is 0 Å². The maximum absolute atomic E-state index is 11.6. The van der Waals surface area contributed by atoms with E-state index in [0.29, 0.717) is 16.5 Å². The largest absolute Gasteiger partial charge is 0.477 e. The van der Waals surface area contributed by atoms with Gasteiger partial charge < -0.3 is 14.8 Å². The minimum atomic E-state index is -1.00. The van der Waals surface area contributed by atoms with E-state index >= 15 is 0 Å². The average Bonchev–Trinajstić information content (AvgIpc) is 3.03. The molecule has 0 spiro atoms. The summed E-state index contributed by atoms with van der Waals surface area (Å²) in [7, 11) is 0.